The molecule has 0 aromatic carbocycles. The van der Waals surface area contributed by atoms with E-state index in [1.165, 1.54) is 0 Å². The summed E-state index contributed by atoms with van der Waals surface area (Å²) >= 11 is 5.64. The number of nitrogens with zero attached hydrogens (tertiary/aromatic N) is 2. The third kappa shape index (κ3) is 2.89. The number of halogens is 1. The first kappa shape index (κ1) is 10.9. The van der Waals surface area contributed by atoms with Crippen LogP contribution in [0.3, 0.4) is 0 Å². The minimum atomic E-state index is 0.285. The normalized spacial score (nSPS) is 7.92. The van der Waals surface area contributed by atoms with Crippen molar-refractivity contribution in [2.24, 2.45) is 0 Å². The van der Waals surface area contributed by atoms with E-state index in [1.807, 2.05) is 26.8 Å². The molecule has 0 unspecified atom stereocenters. The Morgan fingerprint density at radius 2 is 2.08 bits per heavy atom. The zero-order valence-corrected chi connectivity index (χ0v) is 8.18. The Balaban J connectivity index is 0.000000561. The van der Waals surface area contributed by atoms with Crippen molar-refractivity contribution in [3.05, 3.63) is 28.5 Å². The second kappa shape index (κ2) is 5.56. The molecule has 0 saturated heterocycles. The SMILES string of the molecule is CC.Cc1cnc(C#N)c(Cl)c1. The number of hydrogen-bond acceptors (Lipinski definition) is 2. The molecule has 0 amide bonds. The molecule has 1 heterocycles. The van der Waals surface area contributed by atoms with Gasteiger partial charge in [0.15, 0.2) is 5.69 Å². The predicted molar refractivity (Wildman–Crippen MR) is 50.0 cm³/mol. The molecule has 0 aliphatic rings. The van der Waals surface area contributed by atoms with Gasteiger partial charge in [-0.05, 0) is 18.6 Å². The van der Waals surface area contributed by atoms with Gasteiger partial charge >= 0.3 is 0 Å². The topological polar surface area (TPSA) is 36.7 Å². The van der Waals surface area contributed by atoms with E-state index in [9.17, 15) is 0 Å². The Morgan fingerprint density at radius 3 is 2.50 bits per heavy atom. The van der Waals surface area contributed by atoms with Crippen molar-refractivity contribution in [3.63, 3.8) is 0 Å². The highest BCUT2D eigenvalue weighted by Gasteiger charge is 1.98. The van der Waals surface area contributed by atoms with E-state index < -0.39 is 0 Å². The molecule has 2 nitrogen and oxygen atoms in total. The summed E-state index contributed by atoms with van der Waals surface area (Å²) in [4.78, 5) is 3.80. The lowest BCUT2D eigenvalue weighted by Crippen LogP contribution is -1.84. The highest BCUT2D eigenvalue weighted by atomic mass is 35.5. The van der Waals surface area contributed by atoms with E-state index in [-0.39, 0.29) is 5.69 Å². The van der Waals surface area contributed by atoms with Crippen molar-refractivity contribution in [2.45, 2.75) is 20.8 Å². The van der Waals surface area contributed by atoms with E-state index >= 15 is 0 Å². The van der Waals surface area contributed by atoms with Crippen molar-refractivity contribution >= 4 is 11.6 Å². The fourth-order valence-corrected chi connectivity index (χ4v) is 0.879. The molecule has 0 radical (unpaired) electrons. The minimum Gasteiger partial charge on any atom is -0.244 e. The molecule has 0 bridgehead atoms. The lowest BCUT2D eigenvalue weighted by Gasteiger charge is -1.93. The highest BCUT2D eigenvalue weighted by Crippen LogP contribution is 2.12. The summed E-state index contributed by atoms with van der Waals surface area (Å²) in [5, 5.41) is 8.83. The molecule has 1 aromatic rings. The van der Waals surface area contributed by atoms with Crippen LogP contribution in [-0.2, 0) is 0 Å². The van der Waals surface area contributed by atoms with Gasteiger partial charge in [0.2, 0.25) is 0 Å². The number of nitriles is 1. The van der Waals surface area contributed by atoms with Gasteiger partial charge in [-0.15, -0.1) is 0 Å². The van der Waals surface area contributed by atoms with Gasteiger partial charge in [0.05, 0.1) is 5.02 Å². The second-order valence-corrected chi connectivity index (χ2v) is 2.36. The average Bonchev–Trinajstić information content (AvgIpc) is 2.08. The Morgan fingerprint density at radius 1 is 1.50 bits per heavy atom. The second-order valence-electron chi connectivity index (χ2n) is 1.95. The number of hydrogen-bond donors (Lipinski definition) is 0. The van der Waals surface area contributed by atoms with E-state index in [2.05, 4.69) is 4.98 Å². The summed E-state index contributed by atoms with van der Waals surface area (Å²) in [6.45, 7) is 5.88. The minimum absolute atomic E-state index is 0.285. The molecule has 1 rings (SSSR count). The summed E-state index contributed by atoms with van der Waals surface area (Å²) in [6.07, 6.45) is 1.62. The molecule has 0 fully saturated rings. The van der Waals surface area contributed by atoms with Crippen LogP contribution in [0.2, 0.25) is 5.02 Å². The van der Waals surface area contributed by atoms with E-state index in [4.69, 9.17) is 16.9 Å². The maximum Gasteiger partial charge on any atom is 0.159 e. The molecule has 3 heteroatoms. The van der Waals surface area contributed by atoms with Gasteiger partial charge in [0.1, 0.15) is 6.07 Å². The van der Waals surface area contributed by atoms with Crippen LogP contribution in [0.4, 0.5) is 0 Å². The fraction of sp³-hybridized carbons (Fsp3) is 0.333. The lowest BCUT2D eigenvalue weighted by atomic mass is 10.3. The summed E-state index contributed by atoms with van der Waals surface area (Å²) in [7, 11) is 0. The number of aromatic nitrogens is 1. The van der Waals surface area contributed by atoms with Crippen LogP contribution < -0.4 is 0 Å². The quantitative estimate of drug-likeness (QED) is 0.619. The van der Waals surface area contributed by atoms with Crippen molar-refractivity contribution in [3.8, 4) is 6.07 Å². The largest absolute Gasteiger partial charge is 0.244 e. The summed E-state index contributed by atoms with van der Waals surface area (Å²) in [5.41, 5.74) is 1.25. The monoisotopic (exact) mass is 182 g/mol. The molecule has 12 heavy (non-hydrogen) atoms. The molecule has 0 aliphatic heterocycles. The van der Waals surface area contributed by atoms with Crippen LogP contribution >= 0.6 is 11.6 Å². The molecule has 0 atom stereocenters. The third-order valence-corrected chi connectivity index (χ3v) is 1.37. The van der Waals surface area contributed by atoms with Gasteiger partial charge in [0, 0.05) is 6.20 Å². The van der Waals surface area contributed by atoms with Crippen molar-refractivity contribution in [1.82, 2.24) is 4.98 Å². The molecular weight excluding hydrogens is 172 g/mol. The van der Waals surface area contributed by atoms with Gasteiger partial charge < -0.3 is 0 Å². The molecule has 0 N–H and O–H groups in total. The van der Waals surface area contributed by atoms with Crippen molar-refractivity contribution < 1.29 is 0 Å². The van der Waals surface area contributed by atoms with Crippen LogP contribution in [0, 0.1) is 18.3 Å². The van der Waals surface area contributed by atoms with Gasteiger partial charge in [0.25, 0.3) is 0 Å². The fourth-order valence-electron chi connectivity index (χ4n) is 0.616. The maximum atomic E-state index is 8.41. The standard InChI is InChI=1S/C7H5ClN2.C2H6/c1-5-2-6(8)7(3-9)10-4-5;1-2/h2,4H,1H3;1-2H3. The summed E-state index contributed by atoms with van der Waals surface area (Å²) in [5.74, 6) is 0. The Labute approximate surface area is 77.8 Å². The molecule has 64 valence electrons. The van der Waals surface area contributed by atoms with Crippen LogP contribution in [0.1, 0.15) is 25.1 Å². The Kier molecular flexibility index (Phi) is 5.07. The number of aryl methyl sites for hydroxylation is 1. The van der Waals surface area contributed by atoms with Crippen LogP contribution in [0.25, 0.3) is 0 Å². The van der Waals surface area contributed by atoms with E-state index in [0.29, 0.717) is 5.02 Å². The lowest BCUT2D eigenvalue weighted by molar-refractivity contribution is 1.22. The number of pyridine rings is 1. The van der Waals surface area contributed by atoms with E-state index in [0.717, 1.165) is 5.56 Å². The molecule has 1 aromatic heterocycles. The molecular formula is C9H11ClN2. The first-order chi connectivity index (χ1) is 5.74. The van der Waals surface area contributed by atoms with Gasteiger partial charge in [-0.3, -0.25) is 0 Å². The smallest absolute Gasteiger partial charge is 0.159 e. The first-order valence-electron chi connectivity index (χ1n) is 3.76. The average molecular weight is 183 g/mol. The third-order valence-electron chi connectivity index (χ3n) is 1.08. The molecule has 0 spiro atoms. The number of rotatable bonds is 0. The molecule has 0 saturated carbocycles. The summed E-state index contributed by atoms with van der Waals surface area (Å²) < 4.78 is 0. The van der Waals surface area contributed by atoms with Gasteiger partial charge in [-0.2, -0.15) is 5.26 Å². The summed E-state index contributed by atoms with van der Waals surface area (Å²) in [6, 6.07) is 3.59. The zero-order chi connectivity index (χ0) is 9.56. The van der Waals surface area contributed by atoms with Crippen LogP contribution in [-0.4, -0.2) is 4.98 Å². The van der Waals surface area contributed by atoms with Gasteiger partial charge in [-0.25, -0.2) is 4.98 Å². The highest BCUT2D eigenvalue weighted by molar-refractivity contribution is 6.31. The van der Waals surface area contributed by atoms with E-state index in [1.54, 1.807) is 12.3 Å². The zero-order valence-electron chi connectivity index (χ0n) is 7.43. The Hall–Kier alpha value is -1.07. The first-order valence-corrected chi connectivity index (χ1v) is 4.14. The molecule has 0 aliphatic carbocycles. The van der Waals surface area contributed by atoms with Crippen molar-refractivity contribution in [2.75, 3.05) is 0 Å². The van der Waals surface area contributed by atoms with Crippen LogP contribution in [0.5, 0.6) is 0 Å². The van der Waals surface area contributed by atoms with Gasteiger partial charge in [-0.1, -0.05) is 25.4 Å². The Bertz CT molecular complexity index is 289. The van der Waals surface area contributed by atoms with Crippen LogP contribution in [0.15, 0.2) is 12.3 Å². The maximum absolute atomic E-state index is 8.41. The predicted octanol–water partition coefficient (Wildman–Crippen LogP) is 2.94. The van der Waals surface area contributed by atoms with Crippen molar-refractivity contribution in [1.29, 1.82) is 5.26 Å².